The second-order valence-corrected chi connectivity index (χ2v) is 6.97. The third-order valence-electron chi connectivity index (χ3n) is 3.22. The van der Waals surface area contributed by atoms with Crippen LogP contribution < -0.4 is 0 Å². The van der Waals surface area contributed by atoms with Crippen molar-refractivity contribution in [1.29, 1.82) is 0 Å². The van der Waals surface area contributed by atoms with Gasteiger partial charge in [0.2, 0.25) is 0 Å². The van der Waals surface area contributed by atoms with Crippen LogP contribution in [-0.2, 0) is 22.1 Å². The first-order chi connectivity index (χ1) is 9.99. The lowest BCUT2D eigenvalue weighted by Gasteiger charge is -2.24. The molecule has 112 valence electrons. The first-order valence-corrected chi connectivity index (χ1v) is 8.86. The molecule has 21 heavy (non-hydrogen) atoms. The Morgan fingerprint density at radius 1 is 1.33 bits per heavy atom. The van der Waals surface area contributed by atoms with E-state index in [0.29, 0.717) is 6.54 Å². The lowest BCUT2D eigenvalue weighted by atomic mass is 10.1. The number of benzene rings is 1. The van der Waals surface area contributed by atoms with Crippen molar-refractivity contribution in [1.82, 2.24) is 4.90 Å². The molecule has 2 unspecified atom stereocenters. The number of hydrogen-bond donors (Lipinski definition) is 1. The number of carbonyl (C=O) groups is 1. The highest BCUT2D eigenvalue weighted by Crippen LogP contribution is 2.24. The topological polar surface area (TPSA) is 57.6 Å². The number of carboxylic acids is 1. The van der Waals surface area contributed by atoms with E-state index in [1.807, 2.05) is 41.1 Å². The fourth-order valence-corrected chi connectivity index (χ4v) is 3.38. The number of hydrogen-bond acceptors (Lipinski definition) is 4. The van der Waals surface area contributed by atoms with Gasteiger partial charge in [0.1, 0.15) is 6.04 Å². The fourth-order valence-electron chi connectivity index (χ4n) is 2.18. The Bertz CT molecular complexity index is 623. The van der Waals surface area contributed by atoms with Crippen LogP contribution in [-0.4, -0.2) is 33.5 Å². The van der Waals surface area contributed by atoms with Gasteiger partial charge in [0.05, 0.1) is 0 Å². The van der Waals surface area contributed by atoms with Crippen LogP contribution in [0.2, 0.25) is 0 Å². The summed E-state index contributed by atoms with van der Waals surface area (Å²) in [5, 5.41) is 13.2. The quantitative estimate of drug-likeness (QED) is 0.888. The number of nitrogens with zero attached hydrogens (tertiary/aromatic N) is 1. The average Bonchev–Trinajstić information content (AvgIpc) is 2.92. The Morgan fingerprint density at radius 3 is 2.48 bits per heavy atom. The van der Waals surface area contributed by atoms with Gasteiger partial charge >= 0.3 is 5.97 Å². The molecule has 6 heteroatoms. The molecule has 1 N–H and O–H groups in total. The molecular weight excluding hydrogens is 306 g/mol. The summed E-state index contributed by atoms with van der Waals surface area (Å²) in [5.74, 6) is -0.859. The van der Waals surface area contributed by atoms with E-state index in [1.54, 1.807) is 18.2 Å². The van der Waals surface area contributed by atoms with E-state index >= 15 is 0 Å². The van der Waals surface area contributed by atoms with Gasteiger partial charge in [-0.2, -0.15) is 11.3 Å². The predicted octanol–water partition coefficient (Wildman–Crippen LogP) is 2.74. The van der Waals surface area contributed by atoms with Crippen LogP contribution in [0.5, 0.6) is 0 Å². The van der Waals surface area contributed by atoms with E-state index in [1.165, 1.54) is 11.3 Å². The minimum atomic E-state index is -0.997. The molecule has 4 nitrogen and oxygen atoms in total. The fraction of sp³-hybridized carbons (Fsp3) is 0.267. The van der Waals surface area contributed by atoms with Crippen molar-refractivity contribution in [2.75, 3.05) is 13.3 Å². The van der Waals surface area contributed by atoms with Gasteiger partial charge in [-0.05, 0) is 47.1 Å². The maximum Gasteiger partial charge on any atom is 0.325 e. The number of likely N-dealkylation sites (N-methyl/N-ethyl adjacent to an activating group) is 1. The number of rotatable bonds is 6. The molecular formula is C15H17NO3S2. The van der Waals surface area contributed by atoms with Gasteiger partial charge in [-0.1, -0.05) is 12.1 Å². The third-order valence-corrected chi connectivity index (χ3v) is 4.86. The summed E-state index contributed by atoms with van der Waals surface area (Å²) in [5.41, 5.74) is 1.79. The van der Waals surface area contributed by atoms with E-state index in [0.717, 1.165) is 16.0 Å². The largest absolute Gasteiger partial charge is 0.480 e. The summed E-state index contributed by atoms with van der Waals surface area (Å²) < 4.78 is 11.4. The van der Waals surface area contributed by atoms with Crippen molar-refractivity contribution < 1.29 is 14.1 Å². The first kappa shape index (κ1) is 15.9. The van der Waals surface area contributed by atoms with Crippen molar-refractivity contribution >= 4 is 28.1 Å². The lowest BCUT2D eigenvalue weighted by molar-refractivity contribution is -0.143. The molecule has 1 heterocycles. The molecule has 0 aliphatic rings. The predicted molar refractivity (Wildman–Crippen MR) is 84.9 cm³/mol. The Balaban J connectivity index is 2.13. The summed E-state index contributed by atoms with van der Waals surface area (Å²) in [6.45, 7) is 0.517. The van der Waals surface area contributed by atoms with Crippen LogP contribution in [0.3, 0.4) is 0 Å². The van der Waals surface area contributed by atoms with Crippen molar-refractivity contribution in [2.45, 2.75) is 17.5 Å². The standard InChI is InChI=1S/C15H17NO3S2/c1-16(14(15(17)18)12-7-8-20-10-12)9-11-3-5-13(6-4-11)21(2)19/h3-8,10,14H,9H2,1-2H3,(H,17,18). The molecule has 1 aromatic carbocycles. The number of carboxylic acid groups (broad SMARTS) is 1. The number of thiophene rings is 1. The van der Waals surface area contributed by atoms with E-state index in [4.69, 9.17) is 0 Å². The molecule has 0 spiro atoms. The van der Waals surface area contributed by atoms with Gasteiger partial charge in [0.25, 0.3) is 0 Å². The normalized spacial score (nSPS) is 14.0. The highest BCUT2D eigenvalue weighted by atomic mass is 32.2. The van der Waals surface area contributed by atoms with Gasteiger partial charge in [0.15, 0.2) is 0 Å². The minimum Gasteiger partial charge on any atom is -0.480 e. The summed E-state index contributed by atoms with van der Waals surface area (Å²) in [7, 11) is 0.797. The van der Waals surface area contributed by atoms with E-state index in [9.17, 15) is 14.1 Å². The van der Waals surface area contributed by atoms with Crippen molar-refractivity contribution in [3.05, 3.63) is 52.2 Å². The summed E-state index contributed by atoms with van der Waals surface area (Å²) >= 11 is 1.49. The van der Waals surface area contributed by atoms with Gasteiger partial charge < -0.3 is 5.11 Å². The van der Waals surface area contributed by atoms with Crippen molar-refractivity contribution in [2.24, 2.45) is 0 Å². The van der Waals surface area contributed by atoms with E-state index in [2.05, 4.69) is 0 Å². The van der Waals surface area contributed by atoms with Crippen LogP contribution in [0, 0.1) is 0 Å². The van der Waals surface area contributed by atoms with Crippen LogP contribution in [0.15, 0.2) is 46.0 Å². The maximum atomic E-state index is 11.5. The summed E-state index contributed by atoms with van der Waals surface area (Å²) in [6.07, 6.45) is 1.64. The zero-order chi connectivity index (χ0) is 15.4. The van der Waals surface area contributed by atoms with Crippen LogP contribution in [0.25, 0.3) is 0 Å². The van der Waals surface area contributed by atoms with Crippen LogP contribution >= 0.6 is 11.3 Å². The molecule has 2 atom stereocenters. The molecule has 0 fully saturated rings. The molecule has 0 bridgehead atoms. The summed E-state index contributed by atoms with van der Waals surface area (Å²) in [4.78, 5) is 14.1. The third kappa shape index (κ3) is 4.00. The summed E-state index contributed by atoms with van der Waals surface area (Å²) in [6, 6.07) is 8.60. The molecule has 2 aromatic rings. The highest BCUT2D eigenvalue weighted by molar-refractivity contribution is 7.84. The van der Waals surface area contributed by atoms with Crippen molar-refractivity contribution in [3.8, 4) is 0 Å². The van der Waals surface area contributed by atoms with E-state index in [-0.39, 0.29) is 0 Å². The van der Waals surface area contributed by atoms with Gasteiger partial charge in [0, 0.05) is 28.5 Å². The lowest BCUT2D eigenvalue weighted by Crippen LogP contribution is -2.30. The Hall–Kier alpha value is -1.50. The Morgan fingerprint density at radius 2 is 2.00 bits per heavy atom. The molecule has 0 aliphatic carbocycles. The van der Waals surface area contributed by atoms with Gasteiger partial charge in [-0.25, -0.2) is 0 Å². The first-order valence-electron chi connectivity index (χ1n) is 6.36. The molecule has 0 aliphatic heterocycles. The van der Waals surface area contributed by atoms with E-state index < -0.39 is 22.8 Å². The number of aliphatic carboxylic acids is 1. The maximum absolute atomic E-state index is 11.5. The minimum absolute atomic E-state index is 0.517. The Kier molecular flexibility index (Phi) is 5.27. The van der Waals surface area contributed by atoms with Gasteiger partial charge in [-0.3, -0.25) is 13.9 Å². The zero-order valence-electron chi connectivity index (χ0n) is 11.9. The Labute approximate surface area is 130 Å². The van der Waals surface area contributed by atoms with Gasteiger partial charge in [-0.15, -0.1) is 0 Å². The highest BCUT2D eigenvalue weighted by Gasteiger charge is 2.25. The SMILES string of the molecule is CN(Cc1ccc(S(C)=O)cc1)C(C(=O)O)c1ccsc1. The second-order valence-electron chi connectivity index (χ2n) is 4.81. The van der Waals surface area contributed by atoms with Crippen LogP contribution in [0.4, 0.5) is 0 Å². The molecule has 0 saturated heterocycles. The second kappa shape index (κ2) is 6.98. The molecule has 0 saturated carbocycles. The monoisotopic (exact) mass is 323 g/mol. The van der Waals surface area contributed by atoms with Crippen LogP contribution in [0.1, 0.15) is 17.2 Å². The average molecular weight is 323 g/mol. The molecule has 0 radical (unpaired) electrons. The molecule has 2 rings (SSSR count). The van der Waals surface area contributed by atoms with Crippen molar-refractivity contribution in [3.63, 3.8) is 0 Å². The molecule has 1 aromatic heterocycles. The zero-order valence-corrected chi connectivity index (χ0v) is 13.5. The molecule has 0 amide bonds. The smallest absolute Gasteiger partial charge is 0.325 e.